The minimum Gasteiger partial charge on any atom is -0.497 e. The van der Waals surface area contributed by atoms with Crippen LogP contribution >= 0.6 is 15.9 Å². The van der Waals surface area contributed by atoms with E-state index in [0.717, 1.165) is 5.56 Å². The zero-order valence-electron chi connectivity index (χ0n) is 12.1. The number of halogens is 1. The molecule has 0 unspecified atom stereocenters. The first kappa shape index (κ1) is 15.4. The van der Waals surface area contributed by atoms with E-state index in [4.69, 9.17) is 9.47 Å². The molecular formula is C16H16BrNO3. The van der Waals surface area contributed by atoms with Gasteiger partial charge < -0.3 is 14.8 Å². The second kappa shape index (κ2) is 6.63. The van der Waals surface area contributed by atoms with Crippen LogP contribution in [-0.4, -0.2) is 20.1 Å². The lowest BCUT2D eigenvalue weighted by Gasteiger charge is -2.12. The molecule has 0 aliphatic carbocycles. The van der Waals surface area contributed by atoms with Crippen LogP contribution in [-0.2, 0) is 0 Å². The number of rotatable bonds is 4. The number of benzene rings is 2. The highest BCUT2D eigenvalue weighted by Gasteiger charge is 2.14. The Morgan fingerprint density at radius 2 is 1.86 bits per heavy atom. The standard InChI is InChI=1S/C16H16BrNO3/c1-10-4-7-14(15(8-10)21-3)18-16(19)12-9-11(20-2)5-6-13(12)17/h4-9H,1-3H3,(H,18,19). The molecule has 0 saturated heterocycles. The first-order chi connectivity index (χ1) is 10.0. The number of aryl methyl sites for hydroxylation is 1. The van der Waals surface area contributed by atoms with Gasteiger partial charge in [0.05, 0.1) is 25.5 Å². The van der Waals surface area contributed by atoms with Gasteiger partial charge in [0.2, 0.25) is 0 Å². The second-order valence-corrected chi connectivity index (χ2v) is 5.36. The molecule has 0 spiro atoms. The first-order valence-electron chi connectivity index (χ1n) is 6.34. The van der Waals surface area contributed by atoms with Crippen LogP contribution in [0.1, 0.15) is 15.9 Å². The van der Waals surface area contributed by atoms with Crippen molar-refractivity contribution in [3.8, 4) is 11.5 Å². The molecule has 0 heterocycles. The van der Waals surface area contributed by atoms with Gasteiger partial charge in [-0.1, -0.05) is 6.07 Å². The third-order valence-corrected chi connectivity index (χ3v) is 3.71. The number of ether oxygens (including phenoxy) is 2. The van der Waals surface area contributed by atoms with E-state index in [1.807, 2.05) is 25.1 Å². The predicted octanol–water partition coefficient (Wildman–Crippen LogP) is 4.03. The van der Waals surface area contributed by atoms with Gasteiger partial charge in [-0.05, 0) is 58.7 Å². The number of anilines is 1. The highest BCUT2D eigenvalue weighted by atomic mass is 79.9. The molecule has 2 aromatic carbocycles. The number of methoxy groups -OCH3 is 2. The van der Waals surface area contributed by atoms with Crippen molar-refractivity contribution < 1.29 is 14.3 Å². The number of hydrogen-bond donors (Lipinski definition) is 1. The summed E-state index contributed by atoms with van der Waals surface area (Å²) < 4.78 is 11.1. The maximum atomic E-state index is 12.4. The summed E-state index contributed by atoms with van der Waals surface area (Å²) in [6.45, 7) is 1.97. The molecular weight excluding hydrogens is 334 g/mol. The van der Waals surface area contributed by atoms with Crippen LogP contribution in [0, 0.1) is 6.92 Å². The van der Waals surface area contributed by atoms with Gasteiger partial charge in [-0.3, -0.25) is 4.79 Å². The molecule has 0 bridgehead atoms. The Morgan fingerprint density at radius 3 is 2.52 bits per heavy atom. The minimum absolute atomic E-state index is 0.233. The normalized spacial score (nSPS) is 10.1. The fourth-order valence-corrected chi connectivity index (χ4v) is 2.32. The summed E-state index contributed by atoms with van der Waals surface area (Å²) in [6.07, 6.45) is 0. The Morgan fingerprint density at radius 1 is 1.10 bits per heavy atom. The van der Waals surface area contributed by atoms with E-state index in [1.165, 1.54) is 0 Å². The monoisotopic (exact) mass is 349 g/mol. The SMILES string of the molecule is COc1ccc(Br)c(C(=O)Nc2ccc(C)cc2OC)c1. The lowest BCUT2D eigenvalue weighted by Crippen LogP contribution is -2.13. The van der Waals surface area contributed by atoms with Crippen LogP contribution in [0.15, 0.2) is 40.9 Å². The van der Waals surface area contributed by atoms with Crippen molar-refractivity contribution in [3.63, 3.8) is 0 Å². The molecule has 0 radical (unpaired) electrons. The Labute approximate surface area is 132 Å². The molecule has 1 N–H and O–H groups in total. The summed E-state index contributed by atoms with van der Waals surface area (Å²) in [5.41, 5.74) is 2.19. The van der Waals surface area contributed by atoms with E-state index in [1.54, 1.807) is 32.4 Å². The van der Waals surface area contributed by atoms with E-state index in [-0.39, 0.29) is 5.91 Å². The van der Waals surface area contributed by atoms with E-state index < -0.39 is 0 Å². The van der Waals surface area contributed by atoms with Crippen molar-refractivity contribution in [2.75, 3.05) is 19.5 Å². The molecule has 2 rings (SSSR count). The minimum atomic E-state index is -0.233. The molecule has 5 heteroatoms. The van der Waals surface area contributed by atoms with Crippen molar-refractivity contribution in [1.29, 1.82) is 0 Å². The summed E-state index contributed by atoms with van der Waals surface area (Å²) in [6, 6.07) is 10.8. The van der Waals surface area contributed by atoms with E-state index in [9.17, 15) is 4.79 Å². The fraction of sp³-hybridized carbons (Fsp3) is 0.188. The molecule has 21 heavy (non-hydrogen) atoms. The zero-order valence-corrected chi connectivity index (χ0v) is 13.7. The third-order valence-electron chi connectivity index (χ3n) is 3.02. The molecule has 0 fully saturated rings. The van der Waals surface area contributed by atoms with Crippen molar-refractivity contribution in [2.45, 2.75) is 6.92 Å². The summed E-state index contributed by atoms with van der Waals surface area (Å²) in [5.74, 6) is 1.02. The highest BCUT2D eigenvalue weighted by Crippen LogP contribution is 2.28. The Bertz CT molecular complexity index is 671. The molecule has 2 aromatic rings. The Hall–Kier alpha value is -2.01. The smallest absolute Gasteiger partial charge is 0.257 e. The van der Waals surface area contributed by atoms with Crippen LogP contribution in [0.3, 0.4) is 0 Å². The maximum absolute atomic E-state index is 12.4. The Balaban J connectivity index is 2.30. The van der Waals surface area contributed by atoms with Crippen LogP contribution < -0.4 is 14.8 Å². The van der Waals surface area contributed by atoms with Crippen molar-refractivity contribution in [1.82, 2.24) is 0 Å². The Kier molecular flexibility index (Phi) is 4.85. The van der Waals surface area contributed by atoms with Gasteiger partial charge in [0.1, 0.15) is 11.5 Å². The summed E-state index contributed by atoms with van der Waals surface area (Å²) in [5, 5.41) is 2.85. The largest absolute Gasteiger partial charge is 0.497 e. The molecule has 0 aromatic heterocycles. The summed E-state index contributed by atoms with van der Waals surface area (Å²) in [4.78, 5) is 12.4. The van der Waals surface area contributed by atoms with Gasteiger partial charge in [-0.2, -0.15) is 0 Å². The van der Waals surface area contributed by atoms with E-state index in [0.29, 0.717) is 27.2 Å². The lowest BCUT2D eigenvalue weighted by atomic mass is 10.1. The van der Waals surface area contributed by atoms with Gasteiger partial charge in [0, 0.05) is 4.47 Å². The van der Waals surface area contributed by atoms with Gasteiger partial charge in [0.15, 0.2) is 0 Å². The number of carbonyl (C=O) groups excluding carboxylic acids is 1. The molecule has 0 saturated carbocycles. The molecule has 0 aliphatic heterocycles. The van der Waals surface area contributed by atoms with Gasteiger partial charge in [-0.25, -0.2) is 0 Å². The number of nitrogens with one attached hydrogen (secondary N) is 1. The van der Waals surface area contributed by atoms with Crippen molar-refractivity contribution in [2.24, 2.45) is 0 Å². The average Bonchev–Trinajstić information content (AvgIpc) is 2.49. The average molecular weight is 350 g/mol. The molecule has 0 atom stereocenters. The van der Waals surface area contributed by atoms with Gasteiger partial charge in [-0.15, -0.1) is 0 Å². The van der Waals surface area contributed by atoms with Crippen LogP contribution in [0.4, 0.5) is 5.69 Å². The van der Waals surface area contributed by atoms with Crippen LogP contribution in [0.2, 0.25) is 0 Å². The van der Waals surface area contributed by atoms with E-state index >= 15 is 0 Å². The highest BCUT2D eigenvalue weighted by molar-refractivity contribution is 9.10. The third kappa shape index (κ3) is 3.55. The first-order valence-corrected chi connectivity index (χ1v) is 7.14. The molecule has 4 nitrogen and oxygen atoms in total. The van der Waals surface area contributed by atoms with Gasteiger partial charge >= 0.3 is 0 Å². The predicted molar refractivity (Wildman–Crippen MR) is 86.4 cm³/mol. The second-order valence-electron chi connectivity index (χ2n) is 4.50. The van der Waals surface area contributed by atoms with Gasteiger partial charge in [0.25, 0.3) is 5.91 Å². The number of amides is 1. The van der Waals surface area contributed by atoms with Crippen LogP contribution in [0.5, 0.6) is 11.5 Å². The molecule has 1 amide bonds. The topological polar surface area (TPSA) is 47.6 Å². The van der Waals surface area contributed by atoms with Crippen molar-refractivity contribution >= 4 is 27.5 Å². The lowest BCUT2D eigenvalue weighted by molar-refractivity contribution is 0.102. The zero-order chi connectivity index (χ0) is 15.4. The molecule has 110 valence electrons. The van der Waals surface area contributed by atoms with E-state index in [2.05, 4.69) is 21.2 Å². The summed E-state index contributed by atoms with van der Waals surface area (Å²) in [7, 11) is 3.14. The van der Waals surface area contributed by atoms with Crippen molar-refractivity contribution in [3.05, 3.63) is 52.0 Å². The number of hydrogen-bond acceptors (Lipinski definition) is 3. The summed E-state index contributed by atoms with van der Waals surface area (Å²) >= 11 is 3.37. The quantitative estimate of drug-likeness (QED) is 0.906. The molecule has 0 aliphatic rings. The number of carbonyl (C=O) groups is 1. The van der Waals surface area contributed by atoms with Crippen LogP contribution in [0.25, 0.3) is 0 Å². The maximum Gasteiger partial charge on any atom is 0.257 e. The fourth-order valence-electron chi connectivity index (χ4n) is 1.90.